The van der Waals surface area contributed by atoms with E-state index in [1.165, 1.54) is 16.7 Å². The Kier molecular flexibility index (Phi) is 3.18. The number of rotatable bonds is 1. The van der Waals surface area contributed by atoms with Crippen molar-refractivity contribution >= 4 is 0 Å². The minimum Gasteiger partial charge on any atom is -0.380 e. The van der Waals surface area contributed by atoms with E-state index < -0.39 is 5.60 Å². The molecule has 1 aliphatic rings. The quantitative estimate of drug-likeness (QED) is 0.809. The Morgan fingerprint density at radius 2 is 1.80 bits per heavy atom. The van der Waals surface area contributed by atoms with Gasteiger partial charge in [0.25, 0.3) is 0 Å². The molecule has 1 aliphatic carbocycles. The van der Waals surface area contributed by atoms with Crippen LogP contribution in [0.1, 0.15) is 53.5 Å². The minimum atomic E-state index is -0.834. The topological polar surface area (TPSA) is 20.2 Å². The van der Waals surface area contributed by atoms with Gasteiger partial charge in [0, 0.05) is 0 Å². The van der Waals surface area contributed by atoms with Crippen LogP contribution < -0.4 is 0 Å². The van der Waals surface area contributed by atoms with Crippen LogP contribution in [0.4, 0.5) is 0 Å². The lowest BCUT2D eigenvalue weighted by Crippen LogP contribution is -2.33. The number of fused-ring (bicyclic) bond motifs is 1. The van der Waals surface area contributed by atoms with Crippen LogP contribution in [0.5, 0.6) is 0 Å². The number of hydrogen-bond donors (Lipinski definition) is 1. The Labute approximate surface area is 121 Å². The minimum absolute atomic E-state index is 0.525. The van der Waals surface area contributed by atoms with E-state index in [0.29, 0.717) is 5.92 Å². The van der Waals surface area contributed by atoms with E-state index in [0.717, 1.165) is 24.0 Å². The molecule has 0 heterocycles. The van der Waals surface area contributed by atoms with Gasteiger partial charge in [-0.05, 0) is 54.9 Å². The highest BCUT2D eigenvalue weighted by Crippen LogP contribution is 2.45. The Morgan fingerprint density at radius 3 is 2.60 bits per heavy atom. The van der Waals surface area contributed by atoms with Crippen LogP contribution in [0.15, 0.2) is 42.5 Å². The van der Waals surface area contributed by atoms with Crippen LogP contribution in [-0.4, -0.2) is 5.11 Å². The largest absolute Gasteiger partial charge is 0.380 e. The summed E-state index contributed by atoms with van der Waals surface area (Å²) in [5.41, 5.74) is 4.99. The first-order chi connectivity index (χ1) is 9.52. The molecule has 0 fully saturated rings. The molecular weight excluding hydrogens is 244 g/mol. The van der Waals surface area contributed by atoms with Crippen molar-refractivity contribution in [2.24, 2.45) is 0 Å². The van der Waals surface area contributed by atoms with Crippen molar-refractivity contribution in [1.82, 2.24) is 0 Å². The highest BCUT2D eigenvalue weighted by atomic mass is 16.3. The summed E-state index contributed by atoms with van der Waals surface area (Å²) in [5, 5.41) is 11.4. The molecule has 0 aliphatic heterocycles. The first-order valence-electron chi connectivity index (χ1n) is 7.42. The summed E-state index contributed by atoms with van der Waals surface area (Å²) < 4.78 is 0. The Balaban J connectivity index is 2.22. The number of benzene rings is 2. The van der Waals surface area contributed by atoms with Gasteiger partial charge in [0.05, 0.1) is 0 Å². The number of aliphatic hydroxyl groups is 1. The first kappa shape index (κ1) is 13.4. The van der Waals surface area contributed by atoms with Crippen LogP contribution in [0.2, 0.25) is 0 Å². The second kappa shape index (κ2) is 4.75. The molecular formula is C19H22O. The van der Waals surface area contributed by atoms with Gasteiger partial charge in [-0.1, -0.05) is 55.0 Å². The summed E-state index contributed by atoms with van der Waals surface area (Å²) in [5.74, 6) is 0.525. The molecule has 20 heavy (non-hydrogen) atoms. The lowest BCUT2D eigenvalue weighted by Gasteiger charge is -2.38. The van der Waals surface area contributed by atoms with E-state index in [1.807, 2.05) is 6.07 Å². The number of aryl methyl sites for hydroxylation is 2. The third-order valence-corrected chi connectivity index (χ3v) is 4.72. The van der Waals surface area contributed by atoms with Crippen LogP contribution in [0, 0.1) is 13.8 Å². The highest BCUT2D eigenvalue weighted by Gasteiger charge is 2.39. The Morgan fingerprint density at radius 1 is 1.05 bits per heavy atom. The average Bonchev–Trinajstić information content (AvgIpc) is 2.46. The van der Waals surface area contributed by atoms with E-state index in [-0.39, 0.29) is 0 Å². The third-order valence-electron chi connectivity index (χ3n) is 4.72. The standard InChI is InChI=1S/C19H22O/c1-13-8-9-15(3)18(12-13)19(20)11-10-14(2)16-6-4-5-7-17(16)19/h4-9,12,14,20H,10-11H2,1-3H3. The second-order valence-corrected chi connectivity index (χ2v) is 6.21. The predicted octanol–water partition coefficient (Wildman–Crippen LogP) is 4.44. The molecule has 0 saturated carbocycles. The normalized spacial score (nSPS) is 25.3. The molecule has 0 spiro atoms. The summed E-state index contributed by atoms with van der Waals surface area (Å²) in [4.78, 5) is 0. The maximum absolute atomic E-state index is 11.4. The smallest absolute Gasteiger partial charge is 0.115 e. The van der Waals surface area contributed by atoms with E-state index >= 15 is 0 Å². The van der Waals surface area contributed by atoms with E-state index in [4.69, 9.17) is 0 Å². The lowest BCUT2D eigenvalue weighted by atomic mass is 9.70. The lowest BCUT2D eigenvalue weighted by molar-refractivity contribution is 0.0573. The fourth-order valence-corrected chi connectivity index (χ4v) is 3.48. The molecule has 0 amide bonds. The van der Waals surface area contributed by atoms with Crippen molar-refractivity contribution in [3.8, 4) is 0 Å². The van der Waals surface area contributed by atoms with Gasteiger partial charge in [-0.3, -0.25) is 0 Å². The summed E-state index contributed by atoms with van der Waals surface area (Å²) in [6.07, 6.45) is 1.83. The molecule has 1 N–H and O–H groups in total. The first-order valence-corrected chi connectivity index (χ1v) is 7.42. The van der Waals surface area contributed by atoms with Crippen LogP contribution in [0.3, 0.4) is 0 Å². The van der Waals surface area contributed by atoms with Gasteiger partial charge in [-0.25, -0.2) is 0 Å². The SMILES string of the molecule is Cc1ccc(C)c(C2(O)CCC(C)c3ccccc32)c1. The summed E-state index contributed by atoms with van der Waals surface area (Å²) in [6.45, 7) is 6.43. The number of hydrogen-bond acceptors (Lipinski definition) is 1. The summed E-state index contributed by atoms with van der Waals surface area (Å²) in [6, 6.07) is 14.7. The maximum Gasteiger partial charge on any atom is 0.115 e. The summed E-state index contributed by atoms with van der Waals surface area (Å²) in [7, 11) is 0. The molecule has 0 radical (unpaired) electrons. The zero-order valence-corrected chi connectivity index (χ0v) is 12.5. The third kappa shape index (κ3) is 1.97. The molecule has 2 aromatic rings. The van der Waals surface area contributed by atoms with Crippen molar-refractivity contribution in [2.75, 3.05) is 0 Å². The monoisotopic (exact) mass is 266 g/mol. The maximum atomic E-state index is 11.4. The fourth-order valence-electron chi connectivity index (χ4n) is 3.48. The molecule has 0 bridgehead atoms. The van der Waals surface area contributed by atoms with E-state index in [1.54, 1.807) is 0 Å². The van der Waals surface area contributed by atoms with Gasteiger partial charge in [0.2, 0.25) is 0 Å². The molecule has 3 rings (SSSR count). The van der Waals surface area contributed by atoms with Gasteiger partial charge in [-0.2, -0.15) is 0 Å². The molecule has 1 heteroatoms. The highest BCUT2D eigenvalue weighted by molar-refractivity contribution is 5.47. The average molecular weight is 266 g/mol. The molecule has 1 nitrogen and oxygen atoms in total. The molecule has 104 valence electrons. The van der Waals surface area contributed by atoms with E-state index in [9.17, 15) is 5.11 Å². The molecule has 2 aromatic carbocycles. The van der Waals surface area contributed by atoms with Crippen molar-refractivity contribution < 1.29 is 5.11 Å². The van der Waals surface area contributed by atoms with Crippen molar-refractivity contribution in [2.45, 2.75) is 45.1 Å². The zero-order valence-electron chi connectivity index (χ0n) is 12.5. The Hall–Kier alpha value is -1.60. The molecule has 0 aromatic heterocycles. The molecule has 0 saturated heterocycles. The van der Waals surface area contributed by atoms with E-state index in [2.05, 4.69) is 57.2 Å². The van der Waals surface area contributed by atoms with Crippen molar-refractivity contribution in [3.63, 3.8) is 0 Å². The fraction of sp³-hybridized carbons (Fsp3) is 0.368. The van der Waals surface area contributed by atoms with Crippen LogP contribution in [0.25, 0.3) is 0 Å². The van der Waals surface area contributed by atoms with Gasteiger partial charge < -0.3 is 5.11 Å². The summed E-state index contributed by atoms with van der Waals surface area (Å²) >= 11 is 0. The van der Waals surface area contributed by atoms with Gasteiger partial charge >= 0.3 is 0 Å². The zero-order chi connectivity index (χ0) is 14.3. The second-order valence-electron chi connectivity index (χ2n) is 6.21. The van der Waals surface area contributed by atoms with Crippen molar-refractivity contribution in [3.05, 3.63) is 70.3 Å². The van der Waals surface area contributed by atoms with Crippen LogP contribution in [-0.2, 0) is 5.60 Å². The van der Waals surface area contributed by atoms with Gasteiger partial charge in [-0.15, -0.1) is 0 Å². The molecule has 2 atom stereocenters. The van der Waals surface area contributed by atoms with Crippen LogP contribution >= 0.6 is 0 Å². The van der Waals surface area contributed by atoms with Gasteiger partial charge in [0.1, 0.15) is 5.60 Å². The molecule has 2 unspecified atom stereocenters. The Bertz CT molecular complexity index is 644. The van der Waals surface area contributed by atoms with Crippen molar-refractivity contribution in [1.29, 1.82) is 0 Å². The van der Waals surface area contributed by atoms with Gasteiger partial charge in [0.15, 0.2) is 0 Å². The predicted molar refractivity (Wildman–Crippen MR) is 83.0 cm³/mol.